The van der Waals surface area contributed by atoms with Gasteiger partial charge in [-0.3, -0.25) is 4.68 Å². The van der Waals surface area contributed by atoms with Crippen LogP contribution in [-0.2, 0) is 7.05 Å². The number of aryl methyl sites for hydroxylation is 3. The lowest BCUT2D eigenvalue weighted by Crippen LogP contribution is -2.27. The molecule has 1 fully saturated rings. The van der Waals surface area contributed by atoms with E-state index < -0.39 is 0 Å². The van der Waals surface area contributed by atoms with Gasteiger partial charge in [-0.25, -0.2) is 4.98 Å². The summed E-state index contributed by atoms with van der Waals surface area (Å²) in [6, 6.07) is 2.76. The Labute approximate surface area is 121 Å². The van der Waals surface area contributed by atoms with Gasteiger partial charge in [0.2, 0.25) is 0 Å². The van der Waals surface area contributed by atoms with Crippen LogP contribution in [0.5, 0.6) is 0 Å². The van der Waals surface area contributed by atoms with Crippen LogP contribution in [0.15, 0.2) is 6.07 Å². The lowest BCUT2D eigenvalue weighted by atomic mass is 9.93. The van der Waals surface area contributed by atoms with Crippen molar-refractivity contribution in [2.24, 2.45) is 7.05 Å². The Balaban J connectivity index is 1.96. The monoisotopic (exact) mass is 286 g/mol. The van der Waals surface area contributed by atoms with Gasteiger partial charge in [-0.2, -0.15) is 5.10 Å². The number of aromatic nitrogens is 3. The number of hydrogen-bond donors (Lipinski definition) is 1. The van der Waals surface area contributed by atoms with Crippen molar-refractivity contribution < 1.29 is 0 Å². The molecule has 0 aliphatic heterocycles. The second kappa shape index (κ2) is 4.19. The van der Waals surface area contributed by atoms with Gasteiger partial charge in [0.1, 0.15) is 4.83 Å². The van der Waals surface area contributed by atoms with Crippen molar-refractivity contribution in [2.45, 2.75) is 39.2 Å². The van der Waals surface area contributed by atoms with E-state index in [4.69, 9.17) is 4.98 Å². The van der Waals surface area contributed by atoms with Crippen molar-refractivity contribution in [3.8, 4) is 0 Å². The first-order valence-electron chi connectivity index (χ1n) is 7.13. The van der Waals surface area contributed by atoms with Gasteiger partial charge in [0.15, 0.2) is 5.82 Å². The maximum Gasteiger partial charge on any atom is 0.166 e. The van der Waals surface area contributed by atoms with Crippen LogP contribution in [0, 0.1) is 13.8 Å². The van der Waals surface area contributed by atoms with Crippen molar-refractivity contribution in [1.29, 1.82) is 0 Å². The fourth-order valence-electron chi connectivity index (χ4n) is 2.98. The quantitative estimate of drug-likeness (QED) is 0.780. The Kier molecular flexibility index (Phi) is 2.54. The Morgan fingerprint density at radius 3 is 2.85 bits per heavy atom. The highest BCUT2D eigenvalue weighted by Crippen LogP contribution is 2.39. The van der Waals surface area contributed by atoms with E-state index in [1.54, 1.807) is 11.3 Å². The smallest absolute Gasteiger partial charge is 0.166 e. The summed E-state index contributed by atoms with van der Waals surface area (Å²) in [5.74, 6) is 1.03. The Bertz CT molecular complexity index is 810. The van der Waals surface area contributed by atoms with E-state index in [2.05, 4.69) is 30.3 Å². The summed E-state index contributed by atoms with van der Waals surface area (Å²) in [5, 5.41) is 9.52. The summed E-state index contributed by atoms with van der Waals surface area (Å²) in [6.45, 7) is 4.22. The fraction of sp³-hybridized carbons (Fsp3) is 0.467. The first-order valence-corrected chi connectivity index (χ1v) is 7.95. The maximum atomic E-state index is 4.69. The van der Waals surface area contributed by atoms with E-state index in [9.17, 15) is 0 Å². The average Bonchev–Trinajstić information content (AvgIpc) is 2.82. The predicted molar refractivity (Wildman–Crippen MR) is 84.6 cm³/mol. The predicted octanol–water partition coefficient (Wildman–Crippen LogP) is 3.76. The molecule has 1 aliphatic carbocycles. The zero-order chi connectivity index (χ0) is 13.9. The summed E-state index contributed by atoms with van der Waals surface area (Å²) >= 11 is 1.76. The number of pyridine rings is 1. The van der Waals surface area contributed by atoms with Crippen molar-refractivity contribution in [2.75, 3.05) is 5.32 Å². The van der Waals surface area contributed by atoms with Crippen LogP contribution >= 0.6 is 11.3 Å². The molecule has 1 N–H and O–H groups in total. The molecule has 0 atom stereocenters. The van der Waals surface area contributed by atoms with Gasteiger partial charge in [-0.05, 0) is 44.7 Å². The van der Waals surface area contributed by atoms with Gasteiger partial charge in [0.25, 0.3) is 0 Å². The molecule has 0 radical (unpaired) electrons. The van der Waals surface area contributed by atoms with Crippen LogP contribution in [0.4, 0.5) is 5.82 Å². The van der Waals surface area contributed by atoms with Crippen molar-refractivity contribution in [1.82, 2.24) is 14.8 Å². The molecule has 20 heavy (non-hydrogen) atoms. The van der Waals surface area contributed by atoms with Crippen LogP contribution < -0.4 is 5.32 Å². The number of fused-ring (bicyclic) bond motifs is 3. The first kappa shape index (κ1) is 12.1. The molecular formula is C15H18N4S. The van der Waals surface area contributed by atoms with E-state index in [0.29, 0.717) is 6.04 Å². The van der Waals surface area contributed by atoms with Crippen LogP contribution in [0.25, 0.3) is 20.4 Å². The van der Waals surface area contributed by atoms with Gasteiger partial charge in [-0.1, -0.05) is 0 Å². The summed E-state index contributed by atoms with van der Waals surface area (Å²) in [6.07, 6.45) is 3.86. The van der Waals surface area contributed by atoms with Gasteiger partial charge < -0.3 is 5.32 Å². The normalized spacial score (nSPS) is 15.9. The van der Waals surface area contributed by atoms with Crippen molar-refractivity contribution >= 4 is 37.6 Å². The molecule has 1 saturated carbocycles. The summed E-state index contributed by atoms with van der Waals surface area (Å²) in [7, 11) is 2.03. The maximum absolute atomic E-state index is 4.69. The van der Waals surface area contributed by atoms with Crippen LogP contribution in [0.3, 0.4) is 0 Å². The number of anilines is 1. The molecule has 0 bridgehead atoms. The Morgan fingerprint density at radius 1 is 1.35 bits per heavy atom. The zero-order valence-corrected chi connectivity index (χ0v) is 12.8. The van der Waals surface area contributed by atoms with E-state index in [-0.39, 0.29) is 0 Å². The van der Waals surface area contributed by atoms with Crippen molar-refractivity contribution in [3.63, 3.8) is 0 Å². The van der Waals surface area contributed by atoms with Gasteiger partial charge in [-0.15, -0.1) is 11.3 Å². The molecule has 0 unspecified atom stereocenters. The molecule has 1 aliphatic rings. The molecule has 4 nitrogen and oxygen atoms in total. The van der Waals surface area contributed by atoms with Gasteiger partial charge >= 0.3 is 0 Å². The van der Waals surface area contributed by atoms with Crippen LogP contribution in [-0.4, -0.2) is 20.8 Å². The Hall–Kier alpha value is -1.62. The topological polar surface area (TPSA) is 42.7 Å². The fourth-order valence-corrected chi connectivity index (χ4v) is 4.25. The minimum atomic E-state index is 0.606. The third kappa shape index (κ3) is 1.66. The third-order valence-electron chi connectivity index (χ3n) is 4.20. The molecule has 104 valence electrons. The van der Waals surface area contributed by atoms with Gasteiger partial charge in [0, 0.05) is 24.2 Å². The molecule has 0 aromatic carbocycles. The highest BCUT2D eigenvalue weighted by atomic mass is 32.1. The number of thiophene rings is 1. The molecule has 0 saturated heterocycles. The van der Waals surface area contributed by atoms with E-state index >= 15 is 0 Å². The highest BCUT2D eigenvalue weighted by molar-refractivity contribution is 7.26. The molecular weight excluding hydrogens is 268 g/mol. The first-order chi connectivity index (χ1) is 9.63. The second-order valence-electron chi connectivity index (χ2n) is 5.78. The molecule has 0 amide bonds. The molecule has 3 heterocycles. The number of hydrogen-bond acceptors (Lipinski definition) is 4. The zero-order valence-electron chi connectivity index (χ0n) is 12.0. The Morgan fingerprint density at radius 2 is 2.15 bits per heavy atom. The highest BCUT2D eigenvalue weighted by Gasteiger charge is 2.22. The number of nitrogens with zero attached hydrogens (tertiary/aromatic N) is 3. The minimum Gasteiger partial charge on any atom is -0.365 e. The number of nitrogens with one attached hydrogen (secondary N) is 1. The molecule has 0 spiro atoms. The lowest BCUT2D eigenvalue weighted by molar-refractivity contribution is 0.444. The number of rotatable bonds is 2. The molecule has 3 aromatic rings. The average molecular weight is 286 g/mol. The lowest BCUT2D eigenvalue weighted by Gasteiger charge is -2.26. The van der Waals surface area contributed by atoms with E-state index in [1.165, 1.54) is 40.4 Å². The molecule has 3 aromatic heterocycles. The molecule has 5 heteroatoms. The summed E-state index contributed by atoms with van der Waals surface area (Å²) in [4.78, 5) is 5.82. The summed E-state index contributed by atoms with van der Waals surface area (Å²) in [5.41, 5.74) is 3.59. The van der Waals surface area contributed by atoms with Crippen molar-refractivity contribution in [3.05, 3.63) is 17.3 Å². The van der Waals surface area contributed by atoms with Crippen LogP contribution in [0.2, 0.25) is 0 Å². The third-order valence-corrected chi connectivity index (χ3v) is 5.28. The van der Waals surface area contributed by atoms with E-state index in [1.807, 2.05) is 11.7 Å². The SMILES string of the molecule is Cc1cc(C)c2c(n1)sc1c(NC3CCC3)nn(C)c12. The second-order valence-corrected chi connectivity index (χ2v) is 6.78. The minimum absolute atomic E-state index is 0.606. The van der Waals surface area contributed by atoms with Gasteiger partial charge in [0.05, 0.1) is 10.2 Å². The van der Waals surface area contributed by atoms with E-state index in [0.717, 1.165) is 16.3 Å². The largest absolute Gasteiger partial charge is 0.365 e. The molecule has 4 rings (SSSR count). The summed E-state index contributed by atoms with van der Waals surface area (Å²) < 4.78 is 3.25. The van der Waals surface area contributed by atoms with Crippen LogP contribution in [0.1, 0.15) is 30.5 Å². The standard InChI is InChI=1S/C15H18N4S/c1-8-7-9(2)16-15-11(8)12-13(20-15)14(18-19(12)3)17-10-5-4-6-10/h7,10H,4-6H2,1-3H3,(H,17,18).